The third-order valence-electron chi connectivity index (χ3n) is 4.95. The van der Waals surface area contributed by atoms with Gasteiger partial charge in [-0.25, -0.2) is 0 Å². The molecule has 0 aromatic heterocycles. The maximum atomic E-state index is 12.6. The van der Waals surface area contributed by atoms with Gasteiger partial charge in [0.05, 0.1) is 25.8 Å². The second kappa shape index (κ2) is 7.70. The normalized spacial score (nSPS) is 16.4. The maximum absolute atomic E-state index is 12.6. The number of ether oxygens (including phenoxy) is 2. The second-order valence-corrected chi connectivity index (χ2v) is 6.73. The van der Waals surface area contributed by atoms with Crippen molar-refractivity contribution in [1.29, 1.82) is 0 Å². The number of carbonyl (C=O) groups excluding carboxylic acids is 2. The molecule has 3 rings (SSSR count). The smallest absolute Gasteiger partial charge is 0.229 e. The Morgan fingerprint density at radius 1 is 1.07 bits per heavy atom. The van der Waals surface area contributed by atoms with Gasteiger partial charge in [-0.1, -0.05) is 6.07 Å². The van der Waals surface area contributed by atoms with Crippen LogP contribution in [0.1, 0.15) is 17.5 Å². The van der Waals surface area contributed by atoms with Crippen LogP contribution in [0.3, 0.4) is 0 Å². The van der Waals surface area contributed by atoms with Crippen LogP contribution in [-0.4, -0.2) is 32.6 Å². The summed E-state index contributed by atoms with van der Waals surface area (Å²) < 4.78 is 10.6. The average Bonchev–Trinajstić information content (AvgIpc) is 3.05. The molecule has 0 radical (unpaired) electrons. The Morgan fingerprint density at radius 2 is 1.85 bits per heavy atom. The highest BCUT2D eigenvalue weighted by atomic mass is 16.5. The molecule has 0 spiro atoms. The second-order valence-electron chi connectivity index (χ2n) is 6.73. The lowest BCUT2D eigenvalue weighted by atomic mass is 10.1. The molecule has 0 saturated carbocycles. The van der Waals surface area contributed by atoms with E-state index in [9.17, 15) is 9.59 Å². The summed E-state index contributed by atoms with van der Waals surface area (Å²) in [6, 6.07) is 11.1. The van der Waals surface area contributed by atoms with Crippen LogP contribution in [0.5, 0.6) is 11.5 Å². The van der Waals surface area contributed by atoms with E-state index in [-0.39, 0.29) is 18.2 Å². The van der Waals surface area contributed by atoms with E-state index in [1.54, 1.807) is 37.3 Å². The maximum Gasteiger partial charge on any atom is 0.229 e. The largest absolute Gasteiger partial charge is 0.497 e. The minimum absolute atomic E-state index is 0.0984. The minimum Gasteiger partial charge on any atom is -0.497 e. The van der Waals surface area contributed by atoms with Crippen molar-refractivity contribution in [3.8, 4) is 11.5 Å². The third kappa shape index (κ3) is 3.89. The van der Waals surface area contributed by atoms with Crippen molar-refractivity contribution >= 4 is 23.2 Å². The summed E-state index contributed by atoms with van der Waals surface area (Å²) in [5.74, 6) is 0.524. The van der Waals surface area contributed by atoms with Crippen LogP contribution in [0.2, 0.25) is 0 Å². The predicted octanol–water partition coefficient (Wildman–Crippen LogP) is 3.31. The van der Waals surface area contributed by atoms with E-state index in [0.717, 1.165) is 11.3 Å². The van der Waals surface area contributed by atoms with E-state index in [2.05, 4.69) is 5.32 Å². The van der Waals surface area contributed by atoms with Crippen LogP contribution in [0.25, 0.3) is 0 Å². The molecule has 1 atom stereocenters. The van der Waals surface area contributed by atoms with Crippen LogP contribution < -0.4 is 19.7 Å². The van der Waals surface area contributed by atoms with Crippen molar-refractivity contribution in [3.63, 3.8) is 0 Å². The molecule has 27 heavy (non-hydrogen) atoms. The van der Waals surface area contributed by atoms with Crippen LogP contribution in [-0.2, 0) is 9.59 Å². The molecule has 2 aromatic rings. The van der Waals surface area contributed by atoms with E-state index in [1.807, 2.05) is 32.0 Å². The molecular formula is C21H24N2O4. The van der Waals surface area contributed by atoms with E-state index in [4.69, 9.17) is 9.47 Å². The Hall–Kier alpha value is -3.02. The lowest BCUT2D eigenvalue weighted by Gasteiger charge is -2.20. The fraction of sp³-hybridized carbons (Fsp3) is 0.333. The van der Waals surface area contributed by atoms with Gasteiger partial charge in [-0.15, -0.1) is 0 Å². The summed E-state index contributed by atoms with van der Waals surface area (Å²) in [5, 5.41) is 2.92. The molecule has 1 unspecified atom stereocenters. The molecule has 6 nitrogen and oxygen atoms in total. The quantitative estimate of drug-likeness (QED) is 0.879. The number of rotatable bonds is 5. The van der Waals surface area contributed by atoms with Gasteiger partial charge in [-0.3, -0.25) is 9.59 Å². The van der Waals surface area contributed by atoms with Gasteiger partial charge in [-0.2, -0.15) is 0 Å². The third-order valence-corrected chi connectivity index (χ3v) is 4.95. The minimum atomic E-state index is -0.411. The highest BCUT2D eigenvalue weighted by Crippen LogP contribution is 2.36. The number of hydrogen-bond donors (Lipinski definition) is 1. The van der Waals surface area contributed by atoms with Gasteiger partial charge in [0.2, 0.25) is 11.8 Å². The number of carbonyl (C=O) groups is 2. The van der Waals surface area contributed by atoms with E-state index in [1.165, 1.54) is 5.56 Å². The van der Waals surface area contributed by atoms with Crippen molar-refractivity contribution < 1.29 is 19.1 Å². The molecule has 0 aliphatic carbocycles. The molecule has 1 fully saturated rings. The molecule has 1 aliphatic rings. The number of nitrogens with one attached hydrogen (secondary N) is 1. The zero-order valence-corrected chi connectivity index (χ0v) is 16.0. The Labute approximate surface area is 159 Å². The molecule has 142 valence electrons. The van der Waals surface area contributed by atoms with E-state index < -0.39 is 5.92 Å². The SMILES string of the molecule is COc1ccc(N2CC(C(=O)Nc3ccc(C)c(C)c3)CC2=O)c(OC)c1. The number of benzene rings is 2. The van der Waals surface area contributed by atoms with Gasteiger partial charge in [0, 0.05) is 24.7 Å². The average molecular weight is 368 g/mol. The van der Waals surface area contributed by atoms with Crippen molar-refractivity contribution in [3.05, 3.63) is 47.5 Å². The molecule has 0 bridgehead atoms. The monoisotopic (exact) mass is 368 g/mol. The van der Waals surface area contributed by atoms with Crippen LogP contribution in [0, 0.1) is 19.8 Å². The summed E-state index contributed by atoms with van der Waals surface area (Å²) in [7, 11) is 3.12. The topological polar surface area (TPSA) is 67.9 Å². The zero-order valence-electron chi connectivity index (χ0n) is 16.0. The molecule has 2 amide bonds. The first-order valence-corrected chi connectivity index (χ1v) is 8.83. The number of nitrogens with zero attached hydrogens (tertiary/aromatic N) is 1. The van der Waals surface area contributed by atoms with Crippen LogP contribution in [0.15, 0.2) is 36.4 Å². The summed E-state index contributed by atoms with van der Waals surface area (Å²) >= 11 is 0. The van der Waals surface area contributed by atoms with Crippen LogP contribution >= 0.6 is 0 Å². The molecular weight excluding hydrogens is 344 g/mol. The highest BCUT2D eigenvalue weighted by Gasteiger charge is 2.36. The number of hydrogen-bond acceptors (Lipinski definition) is 4. The van der Waals surface area contributed by atoms with Gasteiger partial charge in [0.25, 0.3) is 0 Å². The zero-order chi connectivity index (χ0) is 19.6. The number of methoxy groups -OCH3 is 2. The first kappa shape index (κ1) is 18.8. The molecule has 6 heteroatoms. The van der Waals surface area contributed by atoms with Gasteiger partial charge < -0.3 is 19.7 Å². The molecule has 2 aromatic carbocycles. The summed E-state index contributed by atoms with van der Waals surface area (Å²) in [5.41, 5.74) is 3.67. The lowest BCUT2D eigenvalue weighted by Crippen LogP contribution is -2.28. The Bertz CT molecular complexity index is 878. The molecule has 1 N–H and O–H groups in total. The predicted molar refractivity (Wildman–Crippen MR) is 105 cm³/mol. The van der Waals surface area contributed by atoms with E-state index >= 15 is 0 Å². The summed E-state index contributed by atoms with van der Waals surface area (Å²) in [6.07, 6.45) is 0.172. The first-order chi connectivity index (χ1) is 12.9. The van der Waals surface area contributed by atoms with Crippen molar-refractivity contribution in [2.24, 2.45) is 5.92 Å². The van der Waals surface area contributed by atoms with Crippen molar-refractivity contribution in [1.82, 2.24) is 0 Å². The number of aryl methyl sites for hydroxylation is 2. The summed E-state index contributed by atoms with van der Waals surface area (Å²) in [4.78, 5) is 26.8. The van der Waals surface area contributed by atoms with Gasteiger partial charge >= 0.3 is 0 Å². The van der Waals surface area contributed by atoms with Gasteiger partial charge in [-0.05, 0) is 49.2 Å². The first-order valence-electron chi connectivity index (χ1n) is 8.83. The standard InChI is InChI=1S/C21H24N2O4/c1-13-5-6-16(9-14(13)2)22-21(25)15-10-20(24)23(12-15)18-8-7-17(26-3)11-19(18)27-4/h5-9,11,15H,10,12H2,1-4H3,(H,22,25). The number of amides is 2. The Morgan fingerprint density at radius 3 is 2.52 bits per heavy atom. The van der Waals surface area contributed by atoms with Gasteiger partial charge in [0.1, 0.15) is 11.5 Å². The van der Waals surface area contributed by atoms with E-state index in [0.29, 0.717) is 23.7 Å². The van der Waals surface area contributed by atoms with Crippen molar-refractivity contribution in [2.75, 3.05) is 31.0 Å². The highest BCUT2D eigenvalue weighted by molar-refractivity contribution is 6.04. The van der Waals surface area contributed by atoms with Gasteiger partial charge in [0.15, 0.2) is 0 Å². The fourth-order valence-corrected chi connectivity index (χ4v) is 3.19. The lowest BCUT2D eigenvalue weighted by molar-refractivity contribution is -0.122. The molecule has 1 heterocycles. The van der Waals surface area contributed by atoms with Crippen molar-refractivity contribution in [2.45, 2.75) is 20.3 Å². The number of anilines is 2. The Balaban J connectivity index is 1.75. The Kier molecular flexibility index (Phi) is 5.35. The van der Waals surface area contributed by atoms with Crippen LogP contribution in [0.4, 0.5) is 11.4 Å². The summed E-state index contributed by atoms with van der Waals surface area (Å²) in [6.45, 7) is 4.34. The molecule has 1 aliphatic heterocycles. The molecule has 1 saturated heterocycles. The fourth-order valence-electron chi connectivity index (χ4n) is 3.19.